The van der Waals surface area contributed by atoms with Crippen molar-refractivity contribution in [3.63, 3.8) is 0 Å². The Kier molecular flexibility index (Phi) is 5.60. The van der Waals surface area contributed by atoms with E-state index < -0.39 is 25.1 Å². The third-order valence-corrected chi connectivity index (χ3v) is 9.09. The molecule has 1 saturated heterocycles. The summed E-state index contributed by atoms with van der Waals surface area (Å²) >= 11 is 0. The second-order valence-electron chi connectivity index (χ2n) is 6.59. The molecule has 0 bridgehead atoms. The number of sulfonamides is 1. The van der Waals surface area contributed by atoms with Gasteiger partial charge in [-0.3, -0.25) is 0 Å². The Morgan fingerprint density at radius 3 is 2.11 bits per heavy atom. The van der Waals surface area contributed by atoms with Crippen molar-refractivity contribution in [3.8, 4) is 5.75 Å². The molecule has 1 fully saturated rings. The highest BCUT2D eigenvalue weighted by Gasteiger charge is 2.35. The van der Waals surface area contributed by atoms with Crippen LogP contribution >= 0.6 is 0 Å². The molecule has 6 nitrogen and oxygen atoms in total. The normalized spacial score (nSPS) is 17.0. The van der Waals surface area contributed by atoms with Crippen molar-refractivity contribution in [1.82, 2.24) is 4.31 Å². The van der Waals surface area contributed by atoms with E-state index in [-0.39, 0.29) is 35.7 Å². The molecule has 0 atom stereocenters. The molecule has 0 radical (unpaired) electrons. The van der Waals surface area contributed by atoms with E-state index >= 15 is 0 Å². The van der Waals surface area contributed by atoms with Crippen LogP contribution in [0.2, 0.25) is 0 Å². The molecule has 2 aromatic rings. The second-order valence-corrected chi connectivity index (χ2v) is 10.8. The van der Waals surface area contributed by atoms with Gasteiger partial charge in [0.1, 0.15) is 5.75 Å². The summed E-state index contributed by atoms with van der Waals surface area (Å²) in [6.07, 6.45) is 0.567. The van der Waals surface area contributed by atoms with Crippen molar-refractivity contribution in [2.75, 3.05) is 20.2 Å². The summed E-state index contributed by atoms with van der Waals surface area (Å²) in [5.74, 6) is 0.626. The van der Waals surface area contributed by atoms with Crippen LogP contribution in [0.4, 0.5) is 0 Å². The first-order chi connectivity index (χ1) is 12.8. The number of aryl methyl sites for hydroxylation is 1. The lowest BCUT2D eigenvalue weighted by Crippen LogP contribution is -2.42. The van der Waals surface area contributed by atoms with E-state index in [2.05, 4.69) is 0 Å². The highest BCUT2D eigenvalue weighted by molar-refractivity contribution is 7.92. The zero-order valence-electron chi connectivity index (χ0n) is 15.3. The molecule has 1 aliphatic heterocycles. The van der Waals surface area contributed by atoms with Gasteiger partial charge in [0, 0.05) is 13.1 Å². The van der Waals surface area contributed by atoms with E-state index in [9.17, 15) is 16.8 Å². The largest absolute Gasteiger partial charge is 0.496 e. The van der Waals surface area contributed by atoms with Crippen LogP contribution in [0.3, 0.4) is 0 Å². The fourth-order valence-corrected chi connectivity index (χ4v) is 6.65. The summed E-state index contributed by atoms with van der Waals surface area (Å²) in [5, 5.41) is -0.566. The van der Waals surface area contributed by atoms with E-state index in [4.69, 9.17) is 4.74 Å². The van der Waals surface area contributed by atoms with E-state index in [1.807, 2.05) is 0 Å². The quantitative estimate of drug-likeness (QED) is 0.758. The van der Waals surface area contributed by atoms with Crippen LogP contribution in [-0.4, -0.2) is 46.6 Å². The number of benzene rings is 2. The molecule has 27 heavy (non-hydrogen) atoms. The molecule has 0 unspecified atom stereocenters. The highest BCUT2D eigenvalue weighted by atomic mass is 32.2. The van der Waals surface area contributed by atoms with Crippen LogP contribution < -0.4 is 4.74 Å². The highest BCUT2D eigenvalue weighted by Crippen LogP contribution is 2.29. The molecule has 0 aliphatic carbocycles. The number of rotatable bonds is 5. The molecule has 0 amide bonds. The summed E-state index contributed by atoms with van der Waals surface area (Å²) in [7, 11) is -5.57. The molecule has 3 rings (SSSR count). The topological polar surface area (TPSA) is 80.8 Å². The molecule has 0 saturated carbocycles. The SMILES string of the molecule is COc1ccc(S(=O)(=O)N2CCC(S(=O)(=O)c3ccccc3)CC2)cc1C. The summed E-state index contributed by atoms with van der Waals surface area (Å²) < 4.78 is 57.8. The van der Waals surface area contributed by atoms with Gasteiger partial charge in [0.05, 0.1) is 22.2 Å². The van der Waals surface area contributed by atoms with Gasteiger partial charge in [-0.15, -0.1) is 0 Å². The summed E-state index contributed by atoms with van der Waals surface area (Å²) in [5.41, 5.74) is 0.736. The van der Waals surface area contributed by atoms with Gasteiger partial charge in [-0.2, -0.15) is 4.31 Å². The number of ether oxygens (including phenoxy) is 1. The fraction of sp³-hybridized carbons (Fsp3) is 0.368. The average Bonchev–Trinajstić information content (AvgIpc) is 2.68. The summed E-state index contributed by atoms with van der Waals surface area (Å²) in [6, 6.07) is 13.1. The molecule has 1 heterocycles. The molecular weight excluding hydrogens is 386 g/mol. The standard InChI is InChI=1S/C19H23NO5S2/c1-15-14-18(8-9-19(15)25-2)27(23,24)20-12-10-17(11-13-20)26(21,22)16-6-4-3-5-7-16/h3-9,14,17H,10-13H2,1-2H3. The Bertz CT molecular complexity index is 1010. The molecule has 146 valence electrons. The van der Waals surface area contributed by atoms with Crippen LogP contribution in [0.25, 0.3) is 0 Å². The predicted octanol–water partition coefficient (Wildman–Crippen LogP) is 2.63. The Hall–Kier alpha value is -1.90. The average molecular weight is 410 g/mol. The maximum absolute atomic E-state index is 12.9. The first-order valence-electron chi connectivity index (χ1n) is 8.70. The molecule has 0 spiro atoms. The number of sulfone groups is 1. The minimum absolute atomic E-state index is 0.185. The van der Waals surface area contributed by atoms with Crippen molar-refractivity contribution in [2.45, 2.75) is 34.8 Å². The van der Waals surface area contributed by atoms with Crippen molar-refractivity contribution < 1.29 is 21.6 Å². The maximum Gasteiger partial charge on any atom is 0.243 e. The van der Waals surface area contributed by atoms with Gasteiger partial charge in [-0.25, -0.2) is 16.8 Å². The van der Waals surface area contributed by atoms with E-state index in [0.29, 0.717) is 5.75 Å². The van der Waals surface area contributed by atoms with Gasteiger partial charge in [0.2, 0.25) is 10.0 Å². The Labute approximate surface area is 160 Å². The van der Waals surface area contributed by atoms with Gasteiger partial charge in [0.15, 0.2) is 9.84 Å². The minimum atomic E-state index is -3.66. The van der Waals surface area contributed by atoms with Crippen LogP contribution in [0.1, 0.15) is 18.4 Å². The molecular formula is C19H23NO5S2. The van der Waals surface area contributed by atoms with Crippen LogP contribution in [0.15, 0.2) is 58.3 Å². The van der Waals surface area contributed by atoms with Gasteiger partial charge < -0.3 is 4.74 Å². The first kappa shape index (κ1) is 19.9. The van der Waals surface area contributed by atoms with E-state index in [0.717, 1.165) is 5.56 Å². The molecule has 2 aromatic carbocycles. The zero-order chi connectivity index (χ0) is 19.7. The lowest BCUT2D eigenvalue weighted by atomic mass is 10.2. The smallest absolute Gasteiger partial charge is 0.243 e. The second kappa shape index (κ2) is 7.61. The van der Waals surface area contributed by atoms with Crippen LogP contribution in [-0.2, 0) is 19.9 Å². The Balaban J connectivity index is 1.76. The van der Waals surface area contributed by atoms with Crippen molar-refractivity contribution in [1.29, 1.82) is 0 Å². The van der Waals surface area contributed by atoms with Gasteiger partial charge in [0.25, 0.3) is 0 Å². The van der Waals surface area contributed by atoms with Crippen molar-refractivity contribution >= 4 is 19.9 Å². The van der Waals surface area contributed by atoms with E-state index in [1.54, 1.807) is 49.4 Å². The number of piperidine rings is 1. The number of nitrogens with zero attached hydrogens (tertiary/aromatic N) is 1. The predicted molar refractivity (Wildman–Crippen MR) is 103 cm³/mol. The maximum atomic E-state index is 12.9. The van der Waals surface area contributed by atoms with Gasteiger partial charge in [-0.05, 0) is 55.7 Å². The number of hydrogen-bond acceptors (Lipinski definition) is 5. The van der Waals surface area contributed by atoms with Crippen molar-refractivity contribution in [2.24, 2.45) is 0 Å². The third-order valence-electron chi connectivity index (χ3n) is 4.92. The zero-order valence-corrected chi connectivity index (χ0v) is 17.0. The van der Waals surface area contributed by atoms with Gasteiger partial charge in [-0.1, -0.05) is 18.2 Å². The molecule has 0 aromatic heterocycles. The lowest BCUT2D eigenvalue weighted by molar-refractivity contribution is 0.345. The van der Waals surface area contributed by atoms with Crippen LogP contribution in [0.5, 0.6) is 5.75 Å². The Morgan fingerprint density at radius 1 is 0.926 bits per heavy atom. The third kappa shape index (κ3) is 3.88. The number of methoxy groups -OCH3 is 1. The van der Waals surface area contributed by atoms with Crippen LogP contribution in [0, 0.1) is 6.92 Å². The summed E-state index contributed by atoms with van der Waals surface area (Å²) in [6.45, 7) is 2.16. The lowest BCUT2D eigenvalue weighted by Gasteiger charge is -2.31. The van der Waals surface area contributed by atoms with Crippen molar-refractivity contribution in [3.05, 3.63) is 54.1 Å². The monoisotopic (exact) mass is 409 g/mol. The van der Waals surface area contributed by atoms with Gasteiger partial charge >= 0.3 is 0 Å². The fourth-order valence-electron chi connectivity index (χ4n) is 3.35. The number of hydrogen-bond donors (Lipinski definition) is 0. The minimum Gasteiger partial charge on any atom is -0.496 e. The summed E-state index contributed by atoms with van der Waals surface area (Å²) in [4.78, 5) is 0.488. The Morgan fingerprint density at radius 2 is 1.56 bits per heavy atom. The molecule has 1 aliphatic rings. The molecule has 0 N–H and O–H groups in total. The van der Waals surface area contributed by atoms with E-state index in [1.165, 1.54) is 17.5 Å². The molecule has 8 heteroatoms. The first-order valence-corrected chi connectivity index (χ1v) is 11.7.